The summed E-state index contributed by atoms with van der Waals surface area (Å²) in [5, 5.41) is 11.9. The Morgan fingerprint density at radius 1 is 1.08 bits per heavy atom. The van der Waals surface area contributed by atoms with Gasteiger partial charge < -0.3 is 19.9 Å². The van der Waals surface area contributed by atoms with Gasteiger partial charge in [-0.15, -0.1) is 0 Å². The summed E-state index contributed by atoms with van der Waals surface area (Å²) in [6, 6.07) is 13.7. The monoisotopic (exact) mass is 343 g/mol. The van der Waals surface area contributed by atoms with Gasteiger partial charge in [-0.05, 0) is 30.2 Å². The zero-order valence-electron chi connectivity index (χ0n) is 14.2. The molecule has 0 bridgehead atoms. The summed E-state index contributed by atoms with van der Waals surface area (Å²) >= 11 is 0. The number of amides is 1. The molecular weight excluding hydrogens is 322 g/mol. The Kier molecular flexibility index (Phi) is 6.39. The van der Waals surface area contributed by atoms with Crippen LogP contribution in [-0.2, 0) is 9.59 Å². The zero-order valence-corrected chi connectivity index (χ0v) is 14.2. The Labute approximate surface area is 146 Å². The van der Waals surface area contributed by atoms with Crippen molar-refractivity contribution in [2.75, 3.05) is 13.7 Å². The number of carbonyl (C=O) groups excluding carboxylic acids is 1. The van der Waals surface area contributed by atoms with Gasteiger partial charge >= 0.3 is 5.97 Å². The third-order valence-electron chi connectivity index (χ3n) is 3.71. The molecule has 132 valence electrons. The second kappa shape index (κ2) is 8.73. The van der Waals surface area contributed by atoms with Crippen LogP contribution in [0.3, 0.4) is 0 Å². The molecule has 0 spiro atoms. The van der Waals surface area contributed by atoms with Gasteiger partial charge in [0.25, 0.3) is 5.91 Å². The maximum atomic E-state index is 12.2. The van der Waals surface area contributed by atoms with Crippen LogP contribution >= 0.6 is 0 Å². The first kappa shape index (κ1) is 18.3. The fourth-order valence-electron chi connectivity index (χ4n) is 2.51. The molecule has 0 heterocycles. The molecule has 6 heteroatoms. The normalized spacial score (nSPS) is 11.4. The number of para-hydroxylation sites is 2. The summed E-state index contributed by atoms with van der Waals surface area (Å²) < 4.78 is 10.6. The first-order valence-electron chi connectivity index (χ1n) is 7.83. The molecule has 1 atom stereocenters. The first-order chi connectivity index (χ1) is 12.0. The lowest BCUT2D eigenvalue weighted by Gasteiger charge is -2.19. The molecule has 1 amide bonds. The van der Waals surface area contributed by atoms with E-state index in [2.05, 4.69) is 5.32 Å². The molecule has 2 N–H and O–H groups in total. The molecule has 0 fully saturated rings. The van der Waals surface area contributed by atoms with E-state index in [1.165, 1.54) is 7.11 Å². The molecule has 0 saturated carbocycles. The van der Waals surface area contributed by atoms with Gasteiger partial charge in [0, 0.05) is 0 Å². The number of methoxy groups -OCH3 is 1. The van der Waals surface area contributed by atoms with Crippen LogP contribution in [0.15, 0.2) is 48.5 Å². The van der Waals surface area contributed by atoms with Gasteiger partial charge in [0.1, 0.15) is 0 Å². The van der Waals surface area contributed by atoms with Crippen molar-refractivity contribution >= 4 is 11.9 Å². The van der Waals surface area contributed by atoms with Crippen LogP contribution in [0, 0.1) is 6.92 Å². The average Bonchev–Trinajstić information content (AvgIpc) is 2.59. The largest absolute Gasteiger partial charge is 0.493 e. The lowest BCUT2D eigenvalue weighted by atomic mass is 9.99. The van der Waals surface area contributed by atoms with E-state index in [1.807, 2.05) is 31.2 Å². The van der Waals surface area contributed by atoms with Crippen LogP contribution in [0.4, 0.5) is 0 Å². The minimum Gasteiger partial charge on any atom is -0.493 e. The SMILES string of the molecule is COc1ccccc1OCC(=O)NC(CC(=O)O)c1ccccc1C. The summed E-state index contributed by atoms with van der Waals surface area (Å²) in [6.45, 7) is 1.64. The van der Waals surface area contributed by atoms with E-state index in [0.717, 1.165) is 11.1 Å². The minimum absolute atomic E-state index is 0.203. The van der Waals surface area contributed by atoms with Gasteiger partial charge in [-0.25, -0.2) is 0 Å². The summed E-state index contributed by atoms with van der Waals surface area (Å²) in [6.07, 6.45) is -0.203. The number of aryl methyl sites for hydroxylation is 1. The smallest absolute Gasteiger partial charge is 0.305 e. The van der Waals surface area contributed by atoms with Crippen LogP contribution < -0.4 is 14.8 Å². The summed E-state index contributed by atoms with van der Waals surface area (Å²) in [7, 11) is 1.52. The number of carboxylic acids is 1. The highest BCUT2D eigenvalue weighted by Crippen LogP contribution is 2.26. The van der Waals surface area contributed by atoms with Gasteiger partial charge in [0.05, 0.1) is 19.6 Å². The van der Waals surface area contributed by atoms with Gasteiger partial charge in [-0.2, -0.15) is 0 Å². The molecular formula is C19H21NO5. The van der Waals surface area contributed by atoms with Crippen LogP contribution in [0.1, 0.15) is 23.6 Å². The van der Waals surface area contributed by atoms with Gasteiger partial charge in [-0.1, -0.05) is 36.4 Å². The van der Waals surface area contributed by atoms with Crippen LogP contribution in [0.2, 0.25) is 0 Å². The van der Waals surface area contributed by atoms with Crippen molar-refractivity contribution in [3.05, 3.63) is 59.7 Å². The highest BCUT2D eigenvalue weighted by Gasteiger charge is 2.20. The average molecular weight is 343 g/mol. The molecule has 1 unspecified atom stereocenters. The molecule has 0 aliphatic rings. The Hall–Kier alpha value is -3.02. The third kappa shape index (κ3) is 5.24. The van der Waals surface area contributed by atoms with Gasteiger partial charge in [0.15, 0.2) is 18.1 Å². The van der Waals surface area contributed by atoms with Crippen molar-refractivity contribution in [2.24, 2.45) is 0 Å². The number of carbonyl (C=O) groups is 2. The quantitative estimate of drug-likeness (QED) is 0.770. The van der Waals surface area contributed by atoms with Crippen molar-refractivity contribution in [3.8, 4) is 11.5 Å². The topological polar surface area (TPSA) is 84.9 Å². The number of rotatable bonds is 8. The van der Waals surface area contributed by atoms with Gasteiger partial charge in [0.2, 0.25) is 0 Å². The third-order valence-corrected chi connectivity index (χ3v) is 3.71. The molecule has 2 aromatic carbocycles. The molecule has 25 heavy (non-hydrogen) atoms. The fraction of sp³-hybridized carbons (Fsp3) is 0.263. The molecule has 0 aromatic heterocycles. The molecule has 0 radical (unpaired) electrons. The molecule has 0 saturated heterocycles. The highest BCUT2D eigenvalue weighted by molar-refractivity contribution is 5.79. The Balaban J connectivity index is 2.04. The minimum atomic E-state index is -0.987. The van der Waals surface area contributed by atoms with Crippen LogP contribution in [0.25, 0.3) is 0 Å². The Morgan fingerprint density at radius 3 is 2.36 bits per heavy atom. The van der Waals surface area contributed by atoms with Gasteiger partial charge in [-0.3, -0.25) is 9.59 Å². The van der Waals surface area contributed by atoms with E-state index < -0.39 is 17.9 Å². The van der Waals surface area contributed by atoms with Crippen LogP contribution in [-0.4, -0.2) is 30.7 Å². The summed E-state index contributed by atoms with van der Waals surface area (Å²) in [4.78, 5) is 23.4. The van der Waals surface area contributed by atoms with E-state index in [0.29, 0.717) is 11.5 Å². The molecule has 6 nitrogen and oxygen atoms in total. The first-order valence-corrected chi connectivity index (χ1v) is 7.83. The second-order valence-electron chi connectivity index (χ2n) is 5.51. The number of hydrogen-bond donors (Lipinski definition) is 2. The number of carboxylic acid groups (broad SMARTS) is 1. The Bertz CT molecular complexity index is 744. The number of nitrogens with one attached hydrogen (secondary N) is 1. The number of ether oxygens (including phenoxy) is 2. The van der Waals surface area contributed by atoms with Crippen molar-refractivity contribution < 1.29 is 24.2 Å². The lowest BCUT2D eigenvalue weighted by Crippen LogP contribution is -2.34. The standard InChI is InChI=1S/C19H21NO5/c1-13-7-3-4-8-14(13)15(11-19(22)23)20-18(21)12-25-17-10-6-5-9-16(17)24-2/h3-10,15H,11-12H2,1-2H3,(H,20,21)(H,22,23). The van der Waals surface area contributed by atoms with E-state index in [1.54, 1.807) is 24.3 Å². The summed E-state index contributed by atoms with van der Waals surface area (Å²) in [5.41, 5.74) is 1.69. The zero-order chi connectivity index (χ0) is 18.2. The van der Waals surface area contributed by atoms with E-state index in [4.69, 9.17) is 14.6 Å². The predicted molar refractivity (Wildman–Crippen MR) is 92.8 cm³/mol. The number of aliphatic carboxylic acids is 1. The molecule has 0 aliphatic carbocycles. The number of hydrogen-bond acceptors (Lipinski definition) is 4. The maximum absolute atomic E-state index is 12.2. The van der Waals surface area contributed by atoms with E-state index in [-0.39, 0.29) is 13.0 Å². The van der Waals surface area contributed by atoms with Crippen molar-refractivity contribution in [2.45, 2.75) is 19.4 Å². The van der Waals surface area contributed by atoms with Crippen LogP contribution in [0.5, 0.6) is 11.5 Å². The van der Waals surface area contributed by atoms with Crippen molar-refractivity contribution in [1.82, 2.24) is 5.32 Å². The lowest BCUT2D eigenvalue weighted by molar-refractivity contribution is -0.137. The molecule has 2 aromatic rings. The number of benzene rings is 2. The van der Waals surface area contributed by atoms with Crippen molar-refractivity contribution in [1.29, 1.82) is 0 Å². The van der Waals surface area contributed by atoms with E-state index >= 15 is 0 Å². The Morgan fingerprint density at radius 2 is 1.72 bits per heavy atom. The van der Waals surface area contributed by atoms with E-state index in [9.17, 15) is 9.59 Å². The molecule has 2 rings (SSSR count). The highest BCUT2D eigenvalue weighted by atomic mass is 16.5. The molecule has 0 aliphatic heterocycles. The summed E-state index contributed by atoms with van der Waals surface area (Å²) in [5.74, 6) is -0.415. The maximum Gasteiger partial charge on any atom is 0.305 e. The predicted octanol–water partition coefficient (Wildman–Crippen LogP) is 2.71. The second-order valence-corrected chi connectivity index (χ2v) is 5.51. The van der Waals surface area contributed by atoms with Crippen molar-refractivity contribution in [3.63, 3.8) is 0 Å². The fourth-order valence-corrected chi connectivity index (χ4v) is 2.51.